The van der Waals surface area contributed by atoms with Crippen LogP contribution in [0.1, 0.15) is 119 Å². The van der Waals surface area contributed by atoms with Gasteiger partial charge in [0.05, 0.1) is 60.5 Å². The first-order valence-electron chi connectivity index (χ1n) is 25.1. The van der Waals surface area contributed by atoms with Gasteiger partial charge in [0.1, 0.15) is 29.7 Å². The van der Waals surface area contributed by atoms with Crippen LogP contribution in [0.3, 0.4) is 0 Å². The number of nitrogens with one attached hydrogen (secondary N) is 1. The number of anilines is 2. The lowest BCUT2D eigenvalue weighted by molar-refractivity contribution is -0.139. The zero-order chi connectivity index (χ0) is 49.2. The monoisotopic (exact) mass is 979 g/mol. The number of carbonyl (C=O) groups is 4. The molecule has 17 nitrogen and oxygen atoms in total. The Morgan fingerprint density at radius 1 is 0.859 bits per heavy atom. The van der Waals surface area contributed by atoms with Crippen LogP contribution in [0.25, 0.3) is 0 Å². The van der Waals surface area contributed by atoms with Gasteiger partial charge in [-0.2, -0.15) is 13.2 Å². The molecule has 0 bridgehead atoms. The van der Waals surface area contributed by atoms with Crippen molar-refractivity contribution < 1.29 is 41.8 Å². The average Bonchev–Trinajstić information content (AvgIpc) is 3.99. The quantitative estimate of drug-likeness (QED) is 0.189. The van der Waals surface area contributed by atoms with Gasteiger partial charge in [-0.15, -0.1) is 10.2 Å². The summed E-state index contributed by atoms with van der Waals surface area (Å²) in [5.74, 6) is 0.659. The number of nitrogens with zero attached hydrogens (tertiary/aromatic N) is 10. The summed E-state index contributed by atoms with van der Waals surface area (Å²) in [6.07, 6.45) is 4.43. The lowest BCUT2D eigenvalue weighted by atomic mass is 9.75. The topological polar surface area (TPSA) is 171 Å². The number of hydrogen-bond acceptors (Lipinski definition) is 13. The van der Waals surface area contributed by atoms with E-state index in [4.69, 9.17) is 14.5 Å². The number of alkyl halides is 3. The number of aryl methyl sites for hydroxylation is 1. The zero-order valence-electron chi connectivity index (χ0n) is 40.2. The molecule has 1 aromatic carbocycles. The van der Waals surface area contributed by atoms with Gasteiger partial charge in [0.25, 0.3) is 11.8 Å². The average molecular weight is 980 g/mol. The Labute approximate surface area is 410 Å². The van der Waals surface area contributed by atoms with Crippen molar-refractivity contribution in [1.82, 2.24) is 44.7 Å². The van der Waals surface area contributed by atoms with Crippen molar-refractivity contribution in [3.63, 3.8) is 0 Å². The lowest BCUT2D eigenvalue weighted by Crippen LogP contribution is -2.53. The minimum atomic E-state index is -4.65. The summed E-state index contributed by atoms with van der Waals surface area (Å²) >= 11 is 0. The highest BCUT2D eigenvalue weighted by Crippen LogP contribution is 2.42. The van der Waals surface area contributed by atoms with E-state index in [1.807, 2.05) is 48.9 Å². The van der Waals surface area contributed by atoms with Crippen LogP contribution in [-0.2, 0) is 57.2 Å². The predicted molar refractivity (Wildman–Crippen MR) is 252 cm³/mol. The second kappa shape index (κ2) is 19.0. The molecule has 2 atom stereocenters. The van der Waals surface area contributed by atoms with Gasteiger partial charge in [-0.3, -0.25) is 29.4 Å². The first-order chi connectivity index (χ1) is 34.2. The van der Waals surface area contributed by atoms with E-state index in [0.717, 1.165) is 94.5 Å². The Bertz CT molecular complexity index is 2710. The molecule has 2 unspecified atom stereocenters. The Kier molecular flexibility index (Phi) is 12.7. The summed E-state index contributed by atoms with van der Waals surface area (Å²) in [5, 5.41) is 10.6. The van der Waals surface area contributed by atoms with Crippen LogP contribution in [-0.4, -0.2) is 140 Å². The van der Waals surface area contributed by atoms with E-state index in [-0.39, 0.29) is 71.9 Å². The van der Waals surface area contributed by atoms with Crippen molar-refractivity contribution in [2.45, 2.75) is 114 Å². The van der Waals surface area contributed by atoms with Crippen molar-refractivity contribution in [1.29, 1.82) is 0 Å². The van der Waals surface area contributed by atoms with Crippen LogP contribution in [0.4, 0.5) is 24.7 Å². The number of fused-ring (bicyclic) bond motifs is 2. The van der Waals surface area contributed by atoms with Crippen LogP contribution < -0.4 is 15.1 Å². The number of carbonyl (C=O) groups excluding carboxylic acids is 4. The van der Waals surface area contributed by atoms with Gasteiger partial charge in [-0.05, 0) is 93.7 Å². The lowest BCUT2D eigenvalue weighted by Gasteiger charge is -2.42. The molecule has 71 heavy (non-hydrogen) atoms. The Morgan fingerprint density at radius 3 is 2.30 bits per heavy atom. The summed E-state index contributed by atoms with van der Waals surface area (Å²) in [5.41, 5.74) is 1.46. The number of rotatable bonds is 12. The largest absolute Gasteiger partial charge is 0.416 e. The molecule has 3 aromatic heterocycles. The second-order valence-corrected chi connectivity index (χ2v) is 20.7. The molecular weight excluding hydrogens is 920 g/mol. The summed E-state index contributed by atoms with van der Waals surface area (Å²) in [6, 6.07) is 11.2. The van der Waals surface area contributed by atoms with Crippen LogP contribution >= 0.6 is 0 Å². The Hall–Kier alpha value is -5.83. The maximum Gasteiger partial charge on any atom is 0.416 e. The first-order valence-corrected chi connectivity index (χ1v) is 25.1. The Balaban J connectivity index is 0.638. The minimum Gasteiger partial charge on any atom is -0.379 e. The number of imide groups is 1. The Morgan fingerprint density at radius 2 is 1.61 bits per heavy atom. The van der Waals surface area contributed by atoms with Gasteiger partial charge in [0.15, 0.2) is 0 Å². The highest BCUT2D eigenvalue weighted by atomic mass is 19.4. The molecule has 4 amide bonds. The van der Waals surface area contributed by atoms with Gasteiger partial charge in [-0.1, -0.05) is 12.1 Å². The van der Waals surface area contributed by atoms with Crippen LogP contribution in [0.15, 0.2) is 48.8 Å². The summed E-state index contributed by atoms with van der Waals surface area (Å²) in [4.78, 5) is 71.0. The molecule has 11 rings (SSSR count). The third-order valence-electron chi connectivity index (χ3n) is 16.1. The molecule has 20 heteroatoms. The molecule has 7 aliphatic rings. The third-order valence-corrected chi connectivity index (χ3v) is 16.1. The number of piperidine rings is 2. The molecule has 4 saturated heterocycles. The van der Waals surface area contributed by atoms with Crippen LogP contribution in [0, 0.1) is 5.92 Å². The van der Waals surface area contributed by atoms with Gasteiger partial charge in [0.2, 0.25) is 11.8 Å². The zero-order valence-corrected chi connectivity index (χ0v) is 40.2. The van der Waals surface area contributed by atoms with E-state index in [1.54, 1.807) is 17.3 Å². The van der Waals surface area contributed by atoms with E-state index in [2.05, 4.69) is 35.2 Å². The molecular formula is C51H60F3N11O6. The molecule has 376 valence electrons. The number of ether oxygens (including phenoxy) is 2. The summed E-state index contributed by atoms with van der Waals surface area (Å²) < 4.78 is 58.3. The number of pyridine rings is 2. The number of aromatic nitrogens is 5. The number of benzene rings is 1. The second-order valence-electron chi connectivity index (χ2n) is 20.7. The van der Waals surface area contributed by atoms with Crippen molar-refractivity contribution in [3.8, 4) is 0 Å². The number of piperazine rings is 1. The molecule has 6 aliphatic heterocycles. The van der Waals surface area contributed by atoms with E-state index in [1.165, 1.54) is 4.90 Å². The van der Waals surface area contributed by atoms with E-state index >= 15 is 0 Å². The smallest absolute Gasteiger partial charge is 0.379 e. The molecule has 1 aliphatic carbocycles. The summed E-state index contributed by atoms with van der Waals surface area (Å²) in [7, 11) is 1.88. The van der Waals surface area contributed by atoms with Crippen molar-refractivity contribution >= 4 is 35.1 Å². The molecule has 0 radical (unpaired) electrons. The fourth-order valence-electron chi connectivity index (χ4n) is 12.0. The summed E-state index contributed by atoms with van der Waals surface area (Å²) in [6.45, 7) is 8.40. The minimum absolute atomic E-state index is 0.0879. The fraction of sp³-hybridized carbons (Fsp3) is 0.569. The standard InChI is InChI=1S/C51H60F3N11O6/c1-31-45-38(48(68)65(31)41-11-13-44(66)58-47(41)67)10-12-42(57-45)63-16-14-37(15-17-63)71-36-8-6-32(7-9-36)25-61-18-20-62(21-19-61)26-34-23-40(51(52,53)54)39-27-64(49(69)46(39)56-34)35-5-3-4-33(22-35)50(28-70-29-50)24-43-59-55-30-60(43)2/h3-5,10,12,22-23,30-32,36-37,41H,6-9,11,13-21,24-29H2,1-2H3,(H,58,66,67)/t31?,32-,36-,41?. The van der Waals surface area contributed by atoms with Crippen LogP contribution in [0.5, 0.6) is 0 Å². The van der Waals surface area contributed by atoms with E-state index in [9.17, 15) is 32.3 Å². The molecule has 1 N–H and O–H groups in total. The first kappa shape index (κ1) is 47.5. The van der Waals surface area contributed by atoms with Gasteiger partial charge in [-0.25, -0.2) is 9.97 Å². The molecule has 1 saturated carbocycles. The predicted octanol–water partition coefficient (Wildman–Crippen LogP) is 4.98. The van der Waals surface area contributed by atoms with Crippen LogP contribution in [0.2, 0.25) is 0 Å². The molecule has 4 aromatic rings. The molecule has 0 spiro atoms. The van der Waals surface area contributed by atoms with E-state index < -0.39 is 29.6 Å². The third kappa shape index (κ3) is 9.32. The SMILES string of the molecule is CC1c2nc(N3CCC(O[C@H]4CC[C@H](CN5CCN(Cc6cc(C(F)(F)F)c7c(n6)C(=O)N(c6cccc(C8(Cc9nncn9C)COC8)c6)C7)CC5)CC4)CC3)ccc2C(=O)N1C1CCC(=O)NC1=O. The maximum absolute atomic E-state index is 14.7. The molecule has 5 fully saturated rings. The molecule has 9 heterocycles. The van der Waals surface area contributed by atoms with Gasteiger partial charge >= 0.3 is 6.18 Å². The fourth-order valence-corrected chi connectivity index (χ4v) is 12.0. The van der Waals surface area contributed by atoms with Gasteiger partial charge < -0.3 is 33.6 Å². The van der Waals surface area contributed by atoms with Crippen molar-refractivity contribution in [2.24, 2.45) is 13.0 Å². The number of halogens is 3. The van der Waals surface area contributed by atoms with Crippen molar-refractivity contribution in [3.05, 3.63) is 94.0 Å². The van der Waals surface area contributed by atoms with Crippen molar-refractivity contribution in [2.75, 3.05) is 68.8 Å². The normalized spacial score (nSPS) is 25.4. The van der Waals surface area contributed by atoms with Gasteiger partial charge in [0, 0.05) is 88.9 Å². The maximum atomic E-state index is 14.7. The number of hydrogen-bond donors (Lipinski definition) is 1. The highest BCUT2D eigenvalue weighted by molar-refractivity contribution is 6.09. The highest BCUT2D eigenvalue weighted by Gasteiger charge is 2.46. The number of amides is 4. The van der Waals surface area contributed by atoms with E-state index in [0.29, 0.717) is 62.0 Å².